The minimum absolute atomic E-state index is 0.582. The summed E-state index contributed by atoms with van der Waals surface area (Å²) in [4.78, 5) is 0. The molecule has 0 heterocycles. The van der Waals surface area contributed by atoms with E-state index in [4.69, 9.17) is 0 Å². The zero-order valence-electron chi connectivity index (χ0n) is 16.7. The van der Waals surface area contributed by atoms with Crippen LogP contribution in [0, 0.1) is 11.3 Å². The molecular formula is C22H46. The normalized spacial score (nSPS) is 13.5. The molecule has 0 aliphatic rings. The van der Waals surface area contributed by atoms with Crippen LogP contribution in [0.15, 0.2) is 0 Å². The maximum atomic E-state index is 2.49. The predicted octanol–water partition coefficient (Wildman–Crippen LogP) is 8.54. The lowest BCUT2D eigenvalue weighted by Gasteiger charge is -2.24. The molecule has 0 nitrogen and oxygen atoms in total. The van der Waals surface area contributed by atoms with Crippen LogP contribution in [0.1, 0.15) is 131 Å². The zero-order valence-corrected chi connectivity index (χ0v) is 16.7. The number of hydrogen-bond donors (Lipinski definition) is 0. The fourth-order valence-corrected chi connectivity index (χ4v) is 3.49. The van der Waals surface area contributed by atoms with Crippen molar-refractivity contribution in [1.29, 1.82) is 0 Å². The Morgan fingerprint density at radius 2 is 1.00 bits per heavy atom. The van der Waals surface area contributed by atoms with Crippen molar-refractivity contribution >= 4 is 0 Å². The predicted molar refractivity (Wildman–Crippen MR) is 104 cm³/mol. The molecule has 0 heteroatoms. The lowest BCUT2D eigenvalue weighted by Crippen LogP contribution is -2.11. The summed E-state index contributed by atoms with van der Waals surface area (Å²) < 4.78 is 0. The van der Waals surface area contributed by atoms with E-state index >= 15 is 0 Å². The molecule has 0 saturated carbocycles. The van der Waals surface area contributed by atoms with Crippen LogP contribution in [-0.2, 0) is 0 Å². The van der Waals surface area contributed by atoms with Crippen LogP contribution in [0.3, 0.4) is 0 Å². The van der Waals surface area contributed by atoms with Gasteiger partial charge in [-0.3, -0.25) is 0 Å². The lowest BCUT2D eigenvalue weighted by molar-refractivity contribution is 0.280. The third-order valence-corrected chi connectivity index (χ3v) is 5.31. The van der Waals surface area contributed by atoms with Gasteiger partial charge < -0.3 is 0 Å². The third kappa shape index (κ3) is 14.9. The molecule has 0 aliphatic heterocycles. The average Bonchev–Trinajstić information content (AvgIpc) is 2.47. The summed E-state index contributed by atoms with van der Waals surface area (Å²) in [5.41, 5.74) is 0.582. The van der Waals surface area contributed by atoms with Gasteiger partial charge in [-0.05, 0) is 24.2 Å². The number of rotatable bonds is 16. The van der Waals surface area contributed by atoms with E-state index in [1.807, 2.05) is 0 Å². The molecule has 0 aromatic carbocycles. The van der Waals surface area contributed by atoms with Gasteiger partial charge in [-0.25, -0.2) is 0 Å². The summed E-state index contributed by atoms with van der Waals surface area (Å²) >= 11 is 0. The summed E-state index contributed by atoms with van der Waals surface area (Å²) in [6, 6.07) is 0. The summed E-state index contributed by atoms with van der Waals surface area (Å²) in [5, 5.41) is 0. The highest BCUT2D eigenvalue weighted by atomic mass is 14.2. The smallest absolute Gasteiger partial charge is 0.0354 e. The quantitative estimate of drug-likeness (QED) is 0.250. The molecule has 0 saturated heterocycles. The van der Waals surface area contributed by atoms with Gasteiger partial charge in [-0.1, -0.05) is 118 Å². The first-order valence-corrected chi connectivity index (χ1v) is 10.5. The molecule has 0 aliphatic carbocycles. The van der Waals surface area contributed by atoms with E-state index in [0.29, 0.717) is 5.41 Å². The molecule has 0 aromatic rings. The SMILES string of the molecule is CCCCCCCC(C)(C)CCCCCC(C)CCCCC. The molecule has 1 atom stereocenters. The second-order valence-corrected chi connectivity index (χ2v) is 8.53. The first-order chi connectivity index (χ1) is 10.5. The molecule has 0 spiro atoms. The first kappa shape index (κ1) is 22.0. The maximum Gasteiger partial charge on any atom is -0.0354 e. The van der Waals surface area contributed by atoms with E-state index in [0.717, 1.165) is 5.92 Å². The highest BCUT2D eigenvalue weighted by Crippen LogP contribution is 2.30. The fourth-order valence-electron chi connectivity index (χ4n) is 3.49. The fraction of sp³-hybridized carbons (Fsp3) is 1.00. The van der Waals surface area contributed by atoms with Crippen LogP contribution in [0.2, 0.25) is 0 Å². The highest BCUT2D eigenvalue weighted by molar-refractivity contribution is 4.69. The second-order valence-electron chi connectivity index (χ2n) is 8.53. The Balaban J connectivity index is 3.47. The number of hydrogen-bond acceptors (Lipinski definition) is 0. The minimum atomic E-state index is 0.582. The van der Waals surface area contributed by atoms with Crippen LogP contribution in [0.5, 0.6) is 0 Å². The van der Waals surface area contributed by atoms with Crippen LogP contribution in [0.25, 0.3) is 0 Å². The van der Waals surface area contributed by atoms with Gasteiger partial charge in [0.05, 0.1) is 0 Å². The van der Waals surface area contributed by atoms with E-state index < -0.39 is 0 Å². The van der Waals surface area contributed by atoms with Crippen molar-refractivity contribution in [2.45, 2.75) is 131 Å². The van der Waals surface area contributed by atoms with Gasteiger partial charge >= 0.3 is 0 Å². The maximum absolute atomic E-state index is 2.49. The molecule has 0 fully saturated rings. The van der Waals surface area contributed by atoms with Gasteiger partial charge in [0.25, 0.3) is 0 Å². The first-order valence-electron chi connectivity index (χ1n) is 10.5. The van der Waals surface area contributed by atoms with E-state index in [9.17, 15) is 0 Å². The monoisotopic (exact) mass is 310 g/mol. The minimum Gasteiger partial charge on any atom is -0.0654 e. The van der Waals surface area contributed by atoms with Gasteiger partial charge in [0.2, 0.25) is 0 Å². The Morgan fingerprint density at radius 3 is 1.55 bits per heavy atom. The Bertz CT molecular complexity index is 216. The van der Waals surface area contributed by atoms with Crippen molar-refractivity contribution in [2.24, 2.45) is 11.3 Å². The van der Waals surface area contributed by atoms with Crippen molar-refractivity contribution in [3.05, 3.63) is 0 Å². The van der Waals surface area contributed by atoms with Crippen molar-refractivity contribution in [3.63, 3.8) is 0 Å². The molecule has 0 aromatic heterocycles. The molecule has 22 heavy (non-hydrogen) atoms. The topological polar surface area (TPSA) is 0 Å². The molecule has 0 amide bonds. The van der Waals surface area contributed by atoms with Gasteiger partial charge in [-0.15, -0.1) is 0 Å². The molecule has 0 rings (SSSR count). The largest absolute Gasteiger partial charge is 0.0654 e. The summed E-state index contributed by atoms with van der Waals surface area (Å²) in [5.74, 6) is 0.957. The summed E-state index contributed by atoms with van der Waals surface area (Å²) in [6.07, 6.45) is 21.5. The van der Waals surface area contributed by atoms with Crippen LogP contribution < -0.4 is 0 Å². The van der Waals surface area contributed by atoms with Crippen molar-refractivity contribution in [3.8, 4) is 0 Å². The van der Waals surface area contributed by atoms with Crippen molar-refractivity contribution in [1.82, 2.24) is 0 Å². The van der Waals surface area contributed by atoms with Gasteiger partial charge in [0, 0.05) is 0 Å². The van der Waals surface area contributed by atoms with Crippen LogP contribution >= 0.6 is 0 Å². The molecule has 0 bridgehead atoms. The van der Waals surface area contributed by atoms with Gasteiger partial charge in [-0.2, -0.15) is 0 Å². The standard InChI is InChI=1S/C22H46/c1-6-8-10-11-15-19-22(4,5)20-16-12-14-18-21(3)17-13-9-7-2/h21H,6-20H2,1-5H3. The van der Waals surface area contributed by atoms with Crippen LogP contribution in [-0.4, -0.2) is 0 Å². The Kier molecular flexibility index (Phi) is 14.6. The Labute approximate surface area is 142 Å². The summed E-state index contributed by atoms with van der Waals surface area (Å²) in [6.45, 7) is 12.0. The molecule has 134 valence electrons. The van der Waals surface area contributed by atoms with E-state index in [1.54, 1.807) is 0 Å². The zero-order chi connectivity index (χ0) is 16.7. The lowest BCUT2D eigenvalue weighted by atomic mass is 9.81. The highest BCUT2D eigenvalue weighted by Gasteiger charge is 2.16. The van der Waals surface area contributed by atoms with E-state index in [1.165, 1.54) is 96.3 Å². The van der Waals surface area contributed by atoms with E-state index in [-0.39, 0.29) is 0 Å². The molecule has 0 N–H and O–H groups in total. The average molecular weight is 311 g/mol. The summed E-state index contributed by atoms with van der Waals surface area (Å²) in [7, 11) is 0. The van der Waals surface area contributed by atoms with Gasteiger partial charge in [0.15, 0.2) is 0 Å². The Morgan fingerprint density at radius 1 is 0.591 bits per heavy atom. The molecule has 0 radical (unpaired) electrons. The third-order valence-electron chi connectivity index (χ3n) is 5.31. The Hall–Kier alpha value is 0. The van der Waals surface area contributed by atoms with Crippen molar-refractivity contribution in [2.75, 3.05) is 0 Å². The molecular weight excluding hydrogens is 264 g/mol. The van der Waals surface area contributed by atoms with E-state index in [2.05, 4.69) is 34.6 Å². The second kappa shape index (κ2) is 14.6. The van der Waals surface area contributed by atoms with Crippen LogP contribution in [0.4, 0.5) is 0 Å². The number of unbranched alkanes of at least 4 members (excludes halogenated alkanes) is 8. The van der Waals surface area contributed by atoms with Gasteiger partial charge in [0.1, 0.15) is 0 Å². The molecule has 1 unspecified atom stereocenters. The van der Waals surface area contributed by atoms with Crippen molar-refractivity contribution < 1.29 is 0 Å².